The number of carbonyl (C=O) groups excluding carboxylic acids is 1. The Bertz CT molecular complexity index is 1380. The average molecular weight is 438 g/mol. The first-order valence-corrected chi connectivity index (χ1v) is 11.7. The molecule has 3 aromatic heterocycles. The van der Waals surface area contributed by atoms with Crippen molar-refractivity contribution in [2.45, 2.75) is 38.5 Å². The van der Waals surface area contributed by atoms with Crippen LogP contribution in [0.3, 0.4) is 0 Å². The topological polar surface area (TPSA) is 66.3 Å². The largest absolute Gasteiger partial charge is 0.353 e. The summed E-state index contributed by atoms with van der Waals surface area (Å²) in [5.41, 5.74) is 6.24. The second kappa shape index (κ2) is 8.03. The van der Waals surface area contributed by atoms with E-state index in [-0.39, 0.29) is 5.91 Å². The second-order valence-corrected chi connectivity index (χ2v) is 9.07. The minimum absolute atomic E-state index is 0.234. The number of likely N-dealkylation sites (tertiary alicyclic amines) is 1. The molecule has 1 aliphatic heterocycles. The summed E-state index contributed by atoms with van der Waals surface area (Å²) < 4.78 is 2.21. The third-order valence-electron chi connectivity index (χ3n) is 6.97. The molecule has 6 heteroatoms. The first-order valence-electron chi connectivity index (χ1n) is 11.7. The third-order valence-corrected chi connectivity index (χ3v) is 6.97. The average Bonchev–Trinajstić information content (AvgIpc) is 3.57. The van der Waals surface area contributed by atoms with Crippen molar-refractivity contribution in [3.63, 3.8) is 0 Å². The summed E-state index contributed by atoms with van der Waals surface area (Å²) in [4.78, 5) is 28.0. The maximum absolute atomic E-state index is 12.7. The molecule has 4 aromatic rings. The molecule has 6 rings (SSSR count). The van der Waals surface area contributed by atoms with Crippen LogP contribution in [0.4, 0.5) is 0 Å². The molecule has 2 aliphatic rings. The van der Waals surface area contributed by atoms with E-state index >= 15 is 0 Å². The molecule has 0 atom stereocenters. The second-order valence-electron chi connectivity index (χ2n) is 9.07. The fourth-order valence-electron chi connectivity index (χ4n) is 5.21. The molecule has 6 nitrogen and oxygen atoms in total. The monoisotopic (exact) mass is 437 g/mol. The number of para-hydroxylation sites is 1. The highest BCUT2D eigenvalue weighted by Crippen LogP contribution is 2.34. The Kier molecular flexibility index (Phi) is 4.86. The molecule has 1 aromatic carbocycles. The van der Waals surface area contributed by atoms with Crippen LogP contribution in [0.25, 0.3) is 27.8 Å². The molecule has 4 heterocycles. The number of piperidine rings is 1. The number of amides is 1. The normalized spacial score (nSPS) is 16.8. The summed E-state index contributed by atoms with van der Waals surface area (Å²) in [5, 5.41) is 1.18. The molecule has 0 radical (unpaired) electrons. The zero-order valence-electron chi connectivity index (χ0n) is 18.8. The van der Waals surface area contributed by atoms with Gasteiger partial charge < -0.3 is 9.88 Å². The first-order chi connectivity index (χ1) is 16.2. The van der Waals surface area contributed by atoms with Gasteiger partial charge in [0.15, 0.2) is 0 Å². The van der Waals surface area contributed by atoms with E-state index in [0.717, 1.165) is 71.9 Å². The summed E-state index contributed by atoms with van der Waals surface area (Å²) in [7, 11) is 0. The smallest absolute Gasteiger partial charge is 0.226 e. The van der Waals surface area contributed by atoms with Gasteiger partial charge in [0.1, 0.15) is 11.5 Å². The molecule has 1 N–H and O–H groups in total. The van der Waals surface area contributed by atoms with E-state index < -0.39 is 0 Å². The summed E-state index contributed by atoms with van der Waals surface area (Å²) >= 11 is 0. The highest BCUT2D eigenvalue weighted by atomic mass is 16.2. The number of imidazole rings is 1. The van der Waals surface area contributed by atoms with Crippen molar-refractivity contribution in [3.8, 4) is 11.4 Å². The zero-order chi connectivity index (χ0) is 22.4. The minimum atomic E-state index is 0.234. The van der Waals surface area contributed by atoms with Gasteiger partial charge in [0.05, 0.1) is 23.3 Å². The molecular formula is C27H27N5O. The quantitative estimate of drug-likeness (QED) is 0.479. The first kappa shape index (κ1) is 20.0. The van der Waals surface area contributed by atoms with Crippen LogP contribution in [-0.4, -0.2) is 43.2 Å². The lowest BCUT2D eigenvalue weighted by atomic mass is 9.95. The van der Waals surface area contributed by atoms with Gasteiger partial charge in [-0.25, -0.2) is 4.98 Å². The number of fused-ring (bicyclic) bond motifs is 2. The Morgan fingerprint density at radius 1 is 1.21 bits per heavy atom. The van der Waals surface area contributed by atoms with Crippen LogP contribution in [0.2, 0.25) is 0 Å². The summed E-state index contributed by atoms with van der Waals surface area (Å²) in [6.07, 6.45) is 13.5. The van der Waals surface area contributed by atoms with Crippen molar-refractivity contribution >= 4 is 22.3 Å². The maximum atomic E-state index is 12.7. The van der Waals surface area contributed by atoms with E-state index in [1.807, 2.05) is 30.3 Å². The van der Waals surface area contributed by atoms with Crippen molar-refractivity contribution in [3.05, 3.63) is 78.0 Å². The maximum Gasteiger partial charge on any atom is 0.226 e. The third kappa shape index (κ3) is 3.55. The van der Waals surface area contributed by atoms with Gasteiger partial charge in [-0.05, 0) is 43.9 Å². The Hall–Kier alpha value is -3.67. The van der Waals surface area contributed by atoms with Crippen LogP contribution in [0.1, 0.15) is 43.1 Å². The molecule has 166 valence electrons. The summed E-state index contributed by atoms with van der Waals surface area (Å²) in [6, 6.07) is 10.5. The van der Waals surface area contributed by atoms with E-state index in [4.69, 9.17) is 4.98 Å². The zero-order valence-corrected chi connectivity index (χ0v) is 18.8. The van der Waals surface area contributed by atoms with Gasteiger partial charge in [0.2, 0.25) is 5.91 Å². The Morgan fingerprint density at radius 2 is 2.06 bits per heavy atom. The molecule has 1 amide bonds. The van der Waals surface area contributed by atoms with E-state index in [0.29, 0.717) is 12.3 Å². The molecule has 33 heavy (non-hydrogen) atoms. The fraction of sp³-hybridized carbons (Fsp3) is 0.296. The van der Waals surface area contributed by atoms with E-state index in [1.54, 1.807) is 0 Å². The number of rotatable bonds is 4. The van der Waals surface area contributed by atoms with E-state index in [9.17, 15) is 4.79 Å². The highest BCUT2D eigenvalue weighted by Gasteiger charge is 2.28. The van der Waals surface area contributed by atoms with Crippen LogP contribution < -0.4 is 0 Å². The Morgan fingerprint density at radius 3 is 2.85 bits per heavy atom. The van der Waals surface area contributed by atoms with Crippen LogP contribution in [0, 0.1) is 6.92 Å². The van der Waals surface area contributed by atoms with Crippen molar-refractivity contribution < 1.29 is 4.79 Å². The van der Waals surface area contributed by atoms with Crippen LogP contribution >= 0.6 is 0 Å². The molecule has 0 bridgehead atoms. The highest BCUT2D eigenvalue weighted by molar-refractivity contribution is 5.89. The summed E-state index contributed by atoms with van der Waals surface area (Å²) in [6.45, 7) is 3.60. The lowest BCUT2D eigenvalue weighted by molar-refractivity contribution is -0.131. The lowest BCUT2D eigenvalue weighted by Gasteiger charge is -2.31. The standard InChI is InChI=1S/C27H27N5O/c1-18-26-25(23-17-21-8-4-5-9-22(21)29-23)30-27(32(26)15-12-28-18)20-10-13-31(14-11-20)24(33)16-19-6-2-3-7-19/h2,4-9,12,15,17,20,29H,3,10-11,13-14,16H2,1H3. The number of carbonyl (C=O) groups is 1. The number of allylic oxidation sites excluding steroid dienone is 3. The predicted molar refractivity (Wildman–Crippen MR) is 130 cm³/mol. The number of aryl methyl sites for hydroxylation is 1. The number of hydrogen-bond donors (Lipinski definition) is 1. The number of aromatic amines is 1. The molecule has 1 fully saturated rings. The van der Waals surface area contributed by atoms with Gasteiger partial charge in [-0.1, -0.05) is 36.4 Å². The molecule has 1 aliphatic carbocycles. The Balaban J connectivity index is 1.29. The van der Waals surface area contributed by atoms with Crippen LogP contribution in [0.15, 0.2) is 66.5 Å². The van der Waals surface area contributed by atoms with Crippen molar-refractivity contribution in [1.82, 2.24) is 24.3 Å². The Labute approximate surface area is 192 Å². The van der Waals surface area contributed by atoms with Gasteiger partial charge in [-0.2, -0.15) is 0 Å². The molecule has 0 unspecified atom stereocenters. The van der Waals surface area contributed by atoms with E-state index in [1.165, 1.54) is 5.39 Å². The molecular weight excluding hydrogens is 410 g/mol. The van der Waals surface area contributed by atoms with Gasteiger partial charge in [0.25, 0.3) is 0 Å². The number of nitrogens with one attached hydrogen (secondary N) is 1. The van der Waals surface area contributed by atoms with Crippen molar-refractivity contribution in [2.75, 3.05) is 13.1 Å². The SMILES string of the molecule is Cc1nccn2c(C3CCN(C(=O)CC4=CCC=C4)CC3)nc(-c3cc4ccccc4[nH]3)c12. The summed E-state index contributed by atoms with van der Waals surface area (Å²) in [5.74, 6) is 1.61. The number of aromatic nitrogens is 4. The number of hydrogen-bond acceptors (Lipinski definition) is 3. The van der Waals surface area contributed by atoms with E-state index in [2.05, 4.69) is 56.9 Å². The van der Waals surface area contributed by atoms with Gasteiger partial charge in [-0.15, -0.1) is 0 Å². The molecule has 0 spiro atoms. The predicted octanol–water partition coefficient (Wildman–Crippen LogP) is 5.17. The van der Waals surface area contributed by atoms with Gasteiger partial charge >= 0.3 is 0 Å². The molecule has 0 saturated carbocycles. The van der Waals surface area contributed by atoms with Crippen LogP contribution in [0.5, 0.6) is 0 Å². The van der Waals surface area contributed by atoms with Crippen LogP contribution in [-0.2, 0) is 4.79 Å². The number of benzene rings is 1. The van der Waals surface area contributed by atoms with Crippen molar-refractivity contribution in [2.24, 2.45) is 0 Å². The number of H-pyrrole nitrogens is 1. The minimum Gasteiger partial charge on any atom is -0.353 e. The van der Waals surface area contributed by atoms with Gasteiger partial charge in [-0.3, -0.25) is 14.2 Å². The molecule has 1 saturated heterocycles. The fourth-order valence-corrected chi connectivity index (χ4v) is 5.21. The number of nitrogens with zero attached hydrogens (tertiary/aromatic N) is 4. The van der Waals surface area contributed by atoms with Gasteiger partial charge in [0, 0.05) is 42.3 Å². The van der Waals surface area contributed by atoms with Crippen molar-refractivity contribution in [1.29, 1.82) is 0 Å². The lowest BCUT2D eigenvalue weighted by Crippen LogP contribution is -2.38.